The van der Waals surface area contributed by atoms with Crippen LogP contribution in [-0.4, -0.2) is 20.1 Å². The Morgan fingerprint density at radius 3 is 2.71 bits per heavy atom. The number of aliphatic hydroxyl groups is 1. The molecule has 0 amide bonds. The molecule has 1 unspecified atom stereocenters. The van der Waals surface area contributed by atoms with Crippen molar-refractivity contribution in [2.45, 2.75) is 32.2 Å². The molecule has 8 heteroatoms. The number of hydrogen-bond acceptors (Lipinski definition) is 3. The summed E-state index contributed by atoms with van der Waals surface area (Å²) in [6.45, 7) is 2.47. The third-order valence-electron chi connectivity index (χ3n) is 2.97. The van der Waals surface area contributed by atoms with Gasteiger partial charge in [0.05, 0.1) is 17.5 Å². The zero-order chi connectivity index (χ0) is 15.6. The summed E-state index contributed by atoms with van der Waals surface area (Å²) in [6.07, 6.45) is -3.57. The molecule has 4 nitrogen and oxygen atoms in total. The Labute approximate surface area is 127 Å². The van der Waals surface area contributed by atoms with E-state index in [4.69, 9.17) is 0 Å². The predicted octanol–water partition coefficient (Wildman–Crippen LogP) is 3.55. The van der Waals surface area contributed by atoms with E-state index in [1.54, 1.807) is 0 Å². The molecule has 1 heterocycles. The van der Waals surface area contributed by atoms with Gasteiger partial charge in [-0.15, -0.1) is 5.10 Å². The first kappa shape index (κ1) is 16.0. The zero-order valence-corrected chi connectivity index (χ0v) is 12.7. The van der Waals surface area contributed by atoms with Gasteiger partial charge in [-0.1, -0.05) is 34.1 Å². The van der Waals surface area contributed by atoms with Gasteiger partial charge >= 0.3 is 6.18 Å². The Morgan fingerprint density at radius 2 is 2.10 bits per heavy atom. The molecule has 0 saturated carbocycles. The van der Waals surface area contributed by atoms with Crippen LogP contribution in [0.25, 0.3) is 0 Å². The maximum atomic E-state index is 12.9. The van der Waals surface area contributed by atoms with Crippen molar-refractivity contribution in [3.05, 3.63) is 45.7 Å². The van der Waals surface area contributed by atoms with Crippen molar-refractivity contribution in [1.82, 2.24) is 15.0 Å². The van der Waals surface area contributed by atoms with Crippen molar-refractivity contribution in [2.24, 2.45) is 0 Å². The molecule has 1 atom stereocenters. The predicted molar refractivity (Wildman–Crippen MR) is 73.5 cm³/mol. The third kappa shape index (κ3) is 3.44. The van der Waals surface area contributed by atoms with Crippen molar-refractivity contribution >= 4 is 15.9 Å². The van der Waals surface area contributed by atoms with Gasteiger partial charge in [0, 0.05) is 11.0 Å². The lowest BCUT2D eigenvalue weighted by Crippen LogP contribution is -2.12. The third-order valence-corrected chi connectivity index (χ3v) is 3.67. The number of aryl methyl sites for hydroxylation is 1. The summed E-state index contributed by atoms with van der Waals surface area (Å²) in [5, 5.41) is 17.8. The van der Waals surface area contributed by atoms with Crippen LogP contribution in [0.1, 0.15) is 36.3 Å². The second-order valence-electron chi connectivity index (χ2n) is 4.52. The summed E-state index contributed by atoms with van der Waals surface area (Å²) in [4.78, 5) is 0. The molecule has 0 aliphatic carbocycles. The van der Waals surface area contributed by atoms with Crippen LogP contribution in [0.5, 0.6) is 0 Å². The molecule has 0 fully saturated rings. The average molecular weight is 364 g/mol. The second-order valence-corrected chi connectivity index (χ2v) is 5.38. The van der Waals surface area contributed by atoms with Crippen molar-refractivity contribution in [2.75, 3.05) is 0 Å². The minimum absolute atomic E-state index is 0.0638. The summed E-state index contributed by atoms with van der Waals surface area (Å²) in [7, 11) is 0. The second kappa shape index (κ2) is 6.15. The van der Waals surface area contributed by atoms with Crippen molar-refractivity contribution in [3.63, 3.8) is 0 Å². The Balaban J connectivity index is 2.40. The first-order chi connectivity index (χ1) is 9.84. The molecule has 0 spiro atoms. The molecule has 0 saturated heterocycles. The Morgan fingerprint density at radius 1 is 1.38 bits per heavy atom. The Hall–Kier alpha value is -1.41. The number of halogens is 4. The smallest absolute Gasteiger partial charge is 0.382 e. The van der Waals surface area contributed by atoms with E-state index >= 15 is 0 Å². The van der Waals surface area contributed by atoms with Gasteiger partial charge in [-0.25, -0.2) is 4.68 Å². The molecule has 2 rings (SSSR count). The molecule has 1 N–H and O–H groups in total. The highest BCUT2D eigenvalue weighted by Gasteiger charge is 2.33. The molecule has 0 bridgehead atoms. The van der Waals surface area contributed by atoms with Crippen LogP contribution in [-0.2, 0) is 12.7 Å². The van der Waals surface area contributed by atoms with Crippen LogP contribution in [0.3, 0.4) is 0 Å². The first-order valence-electron chi connectivity index (χ1n) is 6.27. The van der Waals surface area contributed by atoms with Crippen molar-refractivity contribution in [3.8, 4) is 0 Å². The highest BCUT2D eigenvalue weighted by molar-refractivity contribution is 9.10. The van der Waals surface area contributed by atoms with Gasteiger partial charge in [0.1, 0.15) is 6.10 Å². The number of benzene rings is 1. The summed E-state index contributed by atoms with van der Waals surface area (Å²) in [5.74, 6) is 0. The van der Waals surface area contributed by atoms with Gasteiger partial charge in [-0.05, 0) is 24.1 Å². The van der Waals surface area contributed by atoms with Crippen LogP contribution in [0, 0.1) is 0 Å². The molecule has 0 aliphatic heterocycles. The molecule has 114 valence electrons. The lowest BCUT2D eigenvalue weighted by Gasteiger charge is -2.15. The quantitative estimate of drug-likeness (QED) is 0.903. The van der Waals surface area contributed by atoms with Gasteiger partial charge in [-0.2, -0.15) is 13.2 Å². The molecule has 2 aromatic rings. The standard InChI is InChI=1S/C13H13BrF3N3O/c1-2-5-20-11(7-18-19-20)12(21)8-3-4-10(14)9(6-8)13(15,16)17/h3-4,6-7,12,21H,2,5H2,1H3. The molecular formula is C13H13BrF3N3O. The summed E-state index contributed by atoms with van der Waals surface area (Å²) in [5.41, 5.74) is -0.314. The lowest BCUT2D eigenvalue weighted by molar-refractivity contribution is -0.138. The highest BCUT2D eigenvalue weighted by atomic mass is 79.9. The van der Waals surface area contributed by atoms with Gasteiger partial charge in [0.15, 0.2) is 0 Å². The van der Waals surface area contributed by atoms with E-state index in [1.807, 2.05) is 6.92 Å². The Kier molecular flexibility index (Phi) is 4.67. The monoisotopic (exact) mass is 363 g/mol. The summed E-state index contributed by atoms with van der Waals surface area (Å²) in [6, 6.07) is 3.64. The van der Waals surface area contributed by atoms with Gasteiger partial charge < -0.3 is 5.11 Å². The van der Waals surface area contributed by atoms with Crippen LogP contribution in [0.15, 0.2) is 28.9 Å². The van der Waals surface area contributed by atoms with Gasteiger partial charge in [-0.3, -0.25) is 0 Å². The van der Waals surface area contributed by atoms with E-state index in [9.17, 15) is 18.3 Å². The number of nitrogens with zero attached hydrogens (tertiary/aromatic N) is 3. The largest absolute Gasteiger partial charge is 0.417 e. The van der Waals surface area contributed by atoms with E-state index < -0.39 is 17.8 Å². The minimum atomic E-state index is -4.49. The number of alkyl halides is 3. The van der Waals surface area contributed by atoms with Crippen LogP contribution in [0.2, 0.25) is 0 Å². The molecule has 1 aromatic heterocycles. The fourth-order valence-corrected chi connectivity index (χ4v) is 2.44. The van der Waals surface area contributed by atoms with Crippen LogP contribution < -0.4 is 0 Å². The normalized spacial score (nSPS) is 13.4. The van der Waals surface area contributed by atoms with Crippen molar-refractivity contribution < 1.29 is 18.3 Å². The number of rotatable bonds is 4. The lowest BCUT2D eigenvalue weighted by atomic mass is 10.0. The number of hydrogen-bond donors (Lipinski definition) is 1. The van der Waals surface area contributed by atoms with Gasteiger partial charge in [0.2, 0.25) is 0 Å². The highest BCUT2D eigenvalue weighted by Crippen LogP contribution is 2.37. The Bertz CT molecular complexity index is 627. The summed E-state index contributed by atoms with van der Waals surface area (Å²) < 4.78 is 40.1. The molecule has 1 aromatic carbocycles. The zero-order valence-electron chi connectivity index (χ0n) is 11.1. The topological polar surface area (TPSA) is 50.9 Å². The molecule has 0 aliphatic rings. The number of aromatic nitrogens is 3. The molecule has 0 radical (unpaired) electrons. The maximum Gasteiger partial charge on any atom is 0.417 e. The van der Waals surface area contributed by atoms with E-state index in [-0.39, 0.29) is 10.0 Å². The average Bonchev–Trinajstić information content (AvgIpc) is 2.86. The first-order valence-corrected chi connectivity index (χ1v) is 7.07. The molecule has 21 heavy (non-hydrogen) atoms. The van der Waals surface area contributed by atoms with E-state index in [0.717, 1.165) is 12.5 Å². The van der Waals surface area contributed by atoms with E-state index in [2.05, 4.69) is 26.2 Å². The van der Waals surface area contributed by atoms with Gasteiger partial charge in [0.25, 0.3) is 0 Å². The fourth-order valence-electron chi connectivity index (χ4n) is 1.96. The summed E-state index contributed by atoms with van der Waals surface area (Å²) >= 11 is 2.87. The molecular weight excluding hydrogens is 351 g/mol. The van der Waals surface area contributed by atoms with Crippen LogP contribution in [0.4, 0.5) is 13.2 Å². The van der Waals surface area contributed by atoms with Crippen molar-refractivity contribution in [1.29, 1.82) is 0 Å². The maximum absolute atomic E-state index is 12.9. The number of aliphatic hydroxyl groups excluding tert-OH is 1. The SMILES string of the molecule is CCCn1nncc1C(O)c1ccc(Br)c(C(F)(F)F)c1. The van der Waals surface area contributed by atoms with E-state index in [1.165, 1.54) is 23.0 Å². The van der Waals surface area contributed by atoms with E-state index in [0.29, 0.717) is 12.2 Å². The van der Waals surface area contributed by atoms with Crippen LogP contribution >= 0.6 is 15.9 Å². The minimum Gasteiger partial charge on any atom is -0.382 e. The fraction of sp³-hybridized carbons (Fsp3) is 0.385.